The van der Waals surface area contributed by atoms with Gasteiger partial charge >= 0.3 is 0 Å². The summed E-state index contributed by atoms with van der Waals surface area (Å²) >= 11 is 0. The summed E-state index contributed by atoms with van der Waals surface area (Å²) in [5.41, 5.74) is 24.6. The van der Waals surface area contributed by atoms with E-state index in [1.54, 1.807) is 0 Å². The molecule has 2 unspecified atom stereocenters. The Morgan fingerprint density at radius 2 is 1.01 bits per heavy atom. The summed E-state index contributed by atoms with van der Waals surface area (Å²) in [7, 11) is 0. The SMILES string of the molecule is Cc1cc(C(C)(C)C)ccc1N1c2ccc(C(C)(C)C)cc2B2c3ccc(N4c5ccc(-c6ccncc6)cc5C5(C)CCCCC45C)cc3N(c3ccc(C(C)(C)C)cc3)c3cc(C(C)(C)C)cc1c32. The van der Waals surface area contributed by atoms with Crippen molar-refractivity contribution in [1.82, 2.24) is 4.98 Å². The molecular weight excluding hydrogens is 860 g/mol. The first-order chi connectivity index (χ1) is 33.4. The van der Waals surface area contributed by atoms with Gasteiger partial charge in [0.15, 0.2) is 0 Å². The lowest BCUT2D eigenvalue weighted by Crippen LogP contribution is -2.61. The van der Waals surface area contributed by atoms with E-state index in [2.05, 4.69) is 245 Å². The van der Waals surface area contributed by atoms with Crippen LogP contribution in [0.4, 0.5) is 45.5 Å². The largest absolute Gasteiger partial charge is 0.334 e. The molecule has 4 heterocycles. The van der Waals surface area contributed by atoms with Crippen molar-refractivity contribution < 1.29 is 0 Å². The summed E-state index contributed by atoms with van der Waals surface area (Å²) < 4.78 is 0. The van der Waals surface area contributed by atoms with Gasteiger partial charge in [-0.2, -0.15) is 0 Å². The molecule has 0 bridgehead atoms. The molecule has 0 amide bonds. The van der Waals surface area contributed by atoms with E-state index in [0.29, 0.717) is 0 Å². The highest BCUT2D eigenvalue weighted by Gasteiger charge is 2.58. The van der Waals surface area contributed by atoms with Crippen molar-refractivity contribution in [3.8, 4) is 11.1 Å². The van der Waals surface area contributed by atoms with E-state index in [0.717, 1.165) is 6.42 Å². The normalized spacial score (nSPS) is 19.5. The third kappa shape index (κ3) is 7.41. The molecule has 362 valence electrons. The van der Waals surface area contributed by atoms with Crippen LogP contribution in [-0.4, -0.2) is 17.2 Å². The Labute approximate surface area is 426 Å². The van der Waals surface area contributed by atoms with Gasteiger partial charge in [0.2, 0.25) is 0 Å². The summed E-state index contributed by atoms with van der Waals surface area (Å²) in [4.78, 5) is 12.4. The fourth-order valence-corrected chi connectivity index (χ4v) is 12.9. The number of aromatic nitrogens is 1. The van der Waals surface area contributed by atoms with Crippen molar-refractivity contribution in [2.75, 3.05) is 14.7 Å². The van der Waals surface area contributed by atoms with E-state index < -0.39 is 0 Å². The van der Waals surface area contributed by atoms with Gasteiger partial charge in [0.05, 0.1) is 5.54 Å². The van der Waals surface area contributed by atoms with Crippen molar-refractivity contribution in [2.45, 2.75) is 162 Å². The standard InChI is InChI=1S/C66H75BN4/c1-42-36-46(62(5,6)7)21-28-54(42)70-56-29-22-47(63(8,9)10)38-53(56)67-52-26-25-50(71-55-27-18-44(43-30-34-68-35-31-43)37-51(55)65(14)32-16-17-33-66(65,71)15)41-57(52)69(49-23-19-45(20-24-49)61(2,3)4)58-39-48(64(11,12)13)40-59(70)60(58)67/h18-31,34-41H,16-17,32-33H2,1-15H3. The molecule has 4 nitrogen and oxygen atoms in total. The van der Waals surface area contributed by atoms with Crippen molar-refractivity contribution in [3.05, 3.63) is 167 Å². The van der Waals surface area contributed by atoms with E-state index in [1.807, 2.05) is 12.4 Å². The van der Waals surface area contributed by atoms with Gasteiger partial charge in [-0.05, 0) is 182 Å². The molecule has 3 aliphatic heterocycles. The van der Waals surface area contributed by atoms with E-state index in [4.69, 9.17) is 0 Å². The molecule has 0 radical (unpaired) electrons. The number of aryl methyl sites for hydroxylation is 1. The molecular formula is C66H75BN4. The van der Waals surface area contributed by atoms with Crippen LogP contribution in [0.15, 0.2) is 134 Å². The zero-order valence-electron chi connectivity index (χ0n) is 45.4. The van der Waals surface area contributed by atoms with Crippen molar-refractivity contribution in [1.29, 1.82) is 0 Å². The minimum absolute atomic E-state index is 0.00943. The van der Waals surface area contributed by atoms with Crippen LogP contribution in [0.1, 0.15) is 156 Å². The number of fused-ring (bicyclic) bond motifs is 7. The highest BCUT2D eigenvalue weighted by Crippen LogP contribution is 2.62. The molecule has 6 aromatic carbocycles. The van der Waals surface area contributed by atoms with E-state index >= 15 is 0 Å². The van der Waals surface area contributed by atoms with Gasteiger partial charge in [0.25, 0.3) is 6.71 Å². The van der Waals surface area contributed by atoms with Gasteiger partial charge in [-0.3, -0.25) is 4.98 Å². The molecule has 1 aliphatic carbocycles. The van der Waals surface area contributed by atoms with E-state index in [1.165, 1.54) is 126 Å². The predicted molar refractivity (Wildman–Crippen MR) is 306 cm³/mol. The summed E-state index contributed by atoms with van der Waals surface area (Å²) in [5, 5.41) is 0. The summed E-state index contributed by atoms with van der Waals surface area (Å²) in [6.45, 7) is 35.6. The van der Waals surface area contributed by atoms with Gasteiger partial charge in [-0.15, -0.1) is 0 Å². The predicted octanol–water partition coefficient (Wildman–Crippen LogP) is 16.1. The second kappa shape index (κ2) is 16.0. The summed E-state index contributed by atoms with van der Waals surface area (Å²) in [6.07, 6.45) is 8.60. The third-order valence-electron chi connectivity index (χ3n) is 17.5. The average Bonchev–Trinajstić information content (AvgIpc) is 3.52. The smallest absolute Gasteiger partial charge is 0.252 e. The number of rotatable bonds is 4. The quantitative estimate of drug-likeness (QED) is 0.164. The zero-order valence-corrected chi connectivity index (χ0v) is 45.4. The second-order valence-corrected chi connectivity index (χ2v) is 26.2. The molecule has 5 heteroatoms. The topological polar surface area (TPSA) is 22.6 Å². The minimum atomic E-state index is -0.119. The number of benzene rings is 6. The van der Waals surface area contributed by atoms with Crippen molar-refractivity contribution >= 4 is 68.6 Å². The molecule has 0 spiro atoms. The van der Waals surface area contributed by atoms with E-state index in [-0.39, 0.29) is 39.3 Å². The summed E-state index contributed by atoms with van der Waals surface area (Å²) in [6, 6.07) is 48.4. The van der Waals surface area contributed by atoms with E-state index in [9.17, 15) is 0 Å². The van der Waals surface area contributed by atoms with Crippen LogP contribution in [-0.2, 0) is 27.1 Å². The Kier molecular flexibility index (Phi) is 10.6. The first kappa shape index (κ1) is 47.3. The highest BCUT2D eigenvalue weighted by atomic mass is 15.3. The first-order valence-electron chi connectivity index (χ1n) is 26.5. The van der Waals surface area contributed by atoms with Gasteiger partial charge in [0.1, 0.15) is 0 Å². The molecule has 0 N–H and O–H groups in total. The number of hydrogen-bond acceptors (Lipinski definition) is 4. The fourth-order valence-electron chi connectivity index (χ4n) is 12.9. The van der Waals surface area contributed by atoms with Crippen molar-refractivity contribution in [3.63, 3.8) is 0 Å². The van der Waals surface area contributed by atoms with Crippen LogP contribution < -0.4 is 31.1 Å². The van der Waals surface area contributed by atoms with Crippen LogP contribution in [0.2, 0.25) is 0 Å². The minimum Gasteiger partial charge on any atom is -0.334 e. The molecule has 4 aliphatic rings. The maximum absolute atomic E-state index is 4.36. The number of anilines is 8. The Bertz CT molecular complexity index is 3250. The lowest BCUT2D eigenvalue weighted by Gasteiger charge is -2.51. The van der Waals surface area contributed by atoms with Crippen LogP contribution in [0.3, 0.4) is 0 Å². The van der Waals surface area contributed by atoms with Crippen molar-refractivity contribution in [2.24, 2.45) is 0 Å². The molecule has 1 fully saturated rings. The molecule has 0 saturated heterocycles. The average molecular weight is 935 g/mol. The zero-order chi connectivity index (χ0) is 50.4. The van der Waals surface area contributed by atoms with Gasteiger partial charge < -0.3 is 14.7 Å². The Morgan fingerprint density at radius 1 is 0.451 bits per heavy atom. The first-order valence-corrected chi connectivity index (χ1v) is 26.5. The summed E-state index contributed by atoms with van der Waals surface area (Å²) in [5.74, 6) is 0. The molecule has 11 rings (SSSR count). The maximum Gasteiger partial charge on any atom is 0.252 e. The Balaban J connectivity index is 1.21. The Hall–Kier alpha value is -6.07. The second-order valence-electron chi connectivity index (χ2n) is 26.2. The lowest BCUT2D eigenvalue weighted by atomic mass is 9.33. The highest BCUT2D eigenvalue weighted by molar-refractivity contribution is 7.00. The monoisotopic (exact) mass is 935 g/mol. The van der Waals surface area contributed by atoms with Crippen LogP contribution >= 0.6 is 0 Å². The van der Waals surface area contributed by atoms with Gasteiger partial charge in [-0.1, -0.05) is 151 Å². The van der Waals surface area contributed by atoms with Gasteiger partial charge in [-0.25, -0.2) is 0 Å². The Morgan fingerprint density at radius 3 is 1.65 bits per heavy atom. The maximum atomic E-state index is 4.36. The molecule has 7 aromatic rings. The fraction of sp³-hybridized carbons (Fsp3) is 0.379. The van der Waals surface area contributed by atoms with Gasteiger partial charge in [0, 0.05) is 63.3 Å². The number of hydrogen-bond donors (Lipinski definition) is 0. The van der Waals surface area contributed by atoms with Crippen LogP contribution in [0, 0.1) is 6.92 Å². The van der Waals surface area contributed by atoms with Crippen LogP contribution in [0.5, 0.6) is 0 Å². The molecule has 1 saturated carbocycles. The third-order valence-corrected chi connectivity index (χ3v) is 17.5. The molecule has 71 heavy (non-hydrogen) atoms. The lowest BCUT2D eigenvalue weighted by molar-refractivity contribution is 0.195. The molecule has 1 aromatic heterocycles. The number of pyridine rings is 1. The van der Waals surface area contributed by atoms with Crippen LogP contribution in [0.25, 0.3) is 11.1 Å². The number of nitrogens with zero attached hydrogens (tertiary/aromatic N) is 4. The molecule has 2 atom stereocenters.